The van der Waals surface area contributed by atoms with Gasteiger partial charge in [-0.25, -0.2) is 0 Å². The molecule has 0 saturated heterocycles. The fourth-order valence-corrected chi connectivity index (χ4v) is 2.77. The predicted molar refractivity (Wildman–Crippen MR) is 86.5 cm³/mol. The lowest BCUT2D eigenvalue weighted by Gasteiger charge is -2.24. The Kier molecular flexibility index (Phi) is 6.07. The van der Waals surface area contributed by atoms with Crippen molar-refractivity contribution in [3.8, 4) is 0 Å². The zero-order valence-corrected chi connectivity index (χ0v) is 12.6. The van der Waals surface area contributed by atoms with Crippen LogP contribution in [0, 0.1) is 11.8 Å². The highest BCUT2D eigenvalue weighted by atomic mass is 16.5. The first kappa shape index (κ1) is 15.1. The highest BCUT2D eigenvalue weighted by molar-refractivity contribution is 5.49. The van der Waals surface area contributed by atoms with Crippen LogP contribution in [0.4, 0.5) is 0 Å². The van der Waals surface area contributed by atoms with E-state index in [9.17, 15) is 0 Å². The van der Waals surface area contributed by atoms with E-state index >= 15 is 0 Å². The van der Waals surface area contributed by atoms with Gasteiger partial charge in [-0.1, -0.05) is 42.5 Å². The van der Waals surface area contributed by atoms with Crippen LogP contribution >= 0.6 is 0 Å². The molecule has 1 fully saturated rings. The summed E-state index contributed by atoms with van der Waals surface area (Å²) in [6.45, 7) is 7.42. The van der Waals surface area contributed by atoms with Gasteiger partial charge >= 0.3 is 0 Å². The van der Waals surface area contributed by atoms with Crippen molar-refractivity contribution in [2.45, 2.75) is 39.2 Å². The van der Waals surface area contributed by atoms with Gasteiger partial charge in [0.15, 0.2) is 0 Å². The molecule has 1 aromatic carbocycles. The lowest BCUT2D eigenvalue weighted by molar-refractivity contribution is 0.134. The lowest BCUT2D eigenvalue weighted by atomic mass is 9.82. The van der Waals surface area contributed by atoms with E-state index in [4.69, 9.17) is 4.74 Å². The summed E-state index contributed by atoms with van der Waals surface area (Å²) in [4.78, 5) is 0. The maximum Gasteiger partial charge on any atom is 0.0716 e. The van der Waals surface area contributed by atoms with E-state index in [1.807, 2.05) is 6.92 Å². The average molecular weight is 270 g/mol. The molecule has 108 valence electrons. The number of benzene rings is 1. The molecule has 2 rings (SSSR count). The van der Waals surface area contributed by atoms with Crippen LogP contribution in [0.2, 0.25) is 0 Å². The summed E-state index contributed by atoms with van der Waals surface area (Å²) in [5.41, 5.74) is 2.53. The Bertz CT molecular complexity index is 422. The minimum atomic E-state index is 0.714. The lowest BCUT2D eigenvalue weighted by Crippen LogP contribution is -2.10. The molecule has 1 aliphatic rings. The Morgan fingerprint density at radius 3 is 2.35 bits per heavy atom. The molecule has 0 aliphatic heterocycles. The summed E-state index contributed by atoms with van der Waals surface area (Å²) < 4.78 is 5.41. The van der Waals surface area contributed by atoms with Crippen molar-refractivity contribution in [2.24, 2.45) is 11.8 Å². The van der Waals surface area contributed by atoms with Crippen molar-refractivity contribution in [3.05, 3.63) is 54.1 Å². The topological polar surface area (TPSA) is 9.23 Å². The fourth-order valence-electron chi connectivity index (χ4n) is 2.77. The van der Waals surface area contributed by atoms with Gasteiger partial charge < -0.3 is 4.74 Å². The molecule has 0 spiro atoms. The standard InChI is InChI=1S/C19H26O/c1-3-16-5-7-17(8-6-16)9-10-18-11-13-19(14-12-18)15-20-4-2/h3,9-14,16-17H,1,4-8,15H2,2H3/b10-9+. The Morgan fingerprint density at radius 1 is 1.10 bits per heavy atom. The van der Waals surface area contributed by atoms with Crippen LogP contribution in [0.1, 0.15) is 43.7 Å². The van der Waals surface area contributed by atoms with Crippen LogP contribution in [0.3, 0.4) is 0 Å². The van der Waals surface area contributed by atoms with Gasteiger partial charge in [0.2, 0.25) is 0 Å². The molecule has 0 amide bonds. The molecule has 0 heterocycles. The van der Waals surface area contributed by atoms with E-state index in [1.165, 1.54) is 36.8 Å². The SMILES string of the molecule is C=CC1CCC(/C=C/c2ccc(COCC)cc2)CC1. The smallest absolute Gasteiger partial charge is 0.0716 e. The number of rotatable bonds is 6. The quantitative estimate of drug-likeness (QED) is 0.643. The maximum absolute atomic E-state index is 5.41. The zero-order chi connectivity index (χ0) is 14.2. The van der Waals surface area contributed by atoms with Crippen LogP contribution < -0.4 is 0 Å². The maximum atomic E-state index is 5.41. The van der Waals surface area contributed by atoms with Crippen LogP contribution in [-0.4, -0.2) is 6.61 Å². The highest BCUT2D eigenvalue weighted by Gasteiger charge is 2.16. The van der Waals surface area contributed by atoms with E-state index in [2.05, 4.69) is 49.1 Å². The Labute approximate surface area is 123 Å². The van der Waals surface area contributed by atoms with Gasteiger partial charge in [0, 0.05) is 6.61 Å². The van der Waals surface area contributed by atoms with Crippen LogP contribution in [0.5, 0.6) is 0 Å². The largest absolute Gasteiger partial charge is 0.377 e. The Balaban J connectivity index is 1.83. The predicted octanol–water partition coefficient (Wildman–Crippen LogP) is 5.23. The molecule has 1 nitrogen and oxygen atoms in total. The van der Waals surface area contributed by atoms with Gasteiger partial charge in [-0.15, -0.1) is 6.58 Å². The minimum Gasteiger partial charge on any atom is -0.377 e. The number of ether oxygens (including phenoxy) is 1. The first-order chi connectivity index (χ1) is 9.81. The van der Waals surface area contributed by atoms with Crippen molar-refractivity contribution < 1.29 is 4.74 Å². The van der Waals surface area contributed by atoms with E-state index in [-0.39, 0.29) is 0 Å². The van der Waals surface area contributed by atoms with Crippen LogP contribution in [0.25, 0.3) is 6.08 Å². The van der Waals surface area contributed by atoms with Gasteiger partial charge in [-0.3, -0.25) is 0 Å². The third-order valence-electron chi connectivity index (χ3n) is 4.16. The third kappa shape index (κ3) is 4.64. The normalized spacial score (nSPS) is 23.1. The van der Waals surface area contributed by atoms with Crippen LogP contribution in [0.15, 0.2) is 43.0 Å². The van der Waals surface area contributed by atoms with E-state index in [0.717, 1.165) is 18.4 Å². The molecule has 1 aliphatic carbocycles. The molecule has 0 radical (unpaired) electrons. The van der Waals surface area contributed by atoms with E-state index in [1.54, 1.807) is 0 Å². The van der Waals surface area contributed by atoms with Crippen molar-refractivity contribution >= 4 is 6.08 Å². The van der Waals surface area contributed by atoms with Crippen molar-refractivity contribution in [1.82, 2.24) is 0 Å². The Hall–Kier alpha value is -1.34. The number of allylic oxidation sites excluding steroid dienone is 2. The van der Waals surface area contributed by atoms with Gasteiger partial charge in [-0.2, -0.15) is 0 Å². The summed E-state index contributed by atoms with van der Waals surface area (Å²) in [6.07, 6.45) is 12.0. The monoisotopic (exact) mass is 270 g/mol. The highest BCUT2D eigenvalue weighted by Crippen LogP contribution is 2.30. The first-order valence-corrected chi connectivity index (χ1v) is 7.79. The number of hydrogen-bond donors (Lipinski definition) is 0. The summed E-state index contributed by atoms with van der Waals surface area (Å²) in [5.74, 6) is 1.49. The fraction of sp³-hybridized carbons (Fsp3) is 0.474. The molecule has 1 saturated carbocycles. The first-order valence-electron chi connectivity index (χ1n) is 7.79. The van der Waals surface area contributed by atoms with Crippen molar-refractivity contribution in [1.29, 1.82) is 0 Å². The summed E-state index contributed by atoms with van der Waals surface area (Å²) >= 11 is 0. The van der Waals surface area contributed by atoms with Crippen molar-refractivity contribution in [2.75, 3.05) is 6.61 Å². The second-order valence-electron chi connectivity index (χ2n) is 5.65. The summed E-state index contributed by atoms with van der Waals surface area (Å²) in [6, 6.07) is 8.67. The van der Waals surface area contributed by atoms with Gasteiger partial charge in [-0.05, 0) is 55.6 Å². The summed E-state index contributed by atoms with van der Waals surface area (Å²) in [5, 5.41) is 0. The molecular formula is C19H26O. The molecular weight excluding hydrogens is 244 g/mol. The second-order valence-corrected chi connectivity index (χ2v) is 5.65. The molecule has 0 unspecified atom stereocenters. The molecule has 0 N–H and O–H groups in total. The minimum absolute atomic E-state index is 0.714. The molecule has 0 aromatic heterocycles. The van der Waals surface area contributed by atoms with Gasteiger partial charge in [0.25, 0.3) is 0 Å². The second kappa shape index (κ2) is 8.06. The molecule has 1 aromatic rings. The molecule has 0 atom stereocenters. The van der Waals surface area contributed by atoms with Crippen molar-refractivity contribution in [3.63, 3.8) is 0 Å². The van der Waals surface area contributed by atoms with Crippen LogP contribution in [-0.2, 0) is 11.3 Å². The summed E-state index contributed by atoms with van der Waals surface area (Å²) in [7, 11) is 0. The molecule has 0 bridgehead atoms. The van der Waals surface area contributed by atoms with Gasteiger partial charge in [0.05, 0.1) is 6.61 Å². The number of hydrogen-bond acceptors (Lipinski definition) is 1. The molecule has 1 heteroatoms. The average Bonchev–Trinajstić information content (AvgIpc) is 2.52. The molecule has 20 heavy (non-hydrogen) atoms. The van der Waals surface area contributed by atoms with E-state index in [0.29, 0.717) is 6.61 Å². The third-order valence-corrected chi connectivity index (χ3v) is 4.16. The van der Waals surface area contributed by atoms with Gasteiger partial charge in [0.1, 0.15) is 0 Å². The van der Waals surface area contributed by atoms with E-state index < -0.39 is 0 Å². The zero-order valence-electron chi connectivity index (χ0n) is 12.6. The Morgan fingerprint density at radius 2 is 1.75 bits per heavy atom.